The van der Waals surface area contributed by atoms with Crippen molar-refractivity contribution in [2.45, 2.75) is 13.3 Å². The highest BCUT2D eigenvalue weighted by molar-refractivity contribution is 5.93. The first kappa shape index (κ1) is 12.0. The number of carboxylic acids is 1. The molecule has 0 bridgehead atoms. The lowest BCUT2D eigenvalue weighted by molar-refractivity contribution is 0.0696. The number of carboxylic acid groups (broad SMARTS) is 1. The van der Waals surface area contributed by atoms with Crippen molar-refractivity contribution in [1.82, 2.24) is 15.0 Å². The smallest absolute Gasteiger partial charge is 0.341 e. The van der Waals surface area contributed by atoms with Crippen molar-refractivity contribution >= 4 is 11.8 Å². The van der Waals surface area contributed by atoms with Crippen molar-refractivity contribution in [2.75, 3.05) is 5.73 Å². The van der Waals surface area contributed by atoms with E-state index in [9.17, 15) is 4.79 Å². The minimum Gasteiger partial charge on any atom is -0.477 e. The molecule has 6 heteroatoms. The zero-order valence-corrected chi connectivity index (χ0v) is 9.79. The molecule has 0 amide bonds. The van der Waals surface area contributed by atoms with Gasteiger partial charge in [-0.25, -0.2) is 14.8 Å². The van der Waals surface area contributed by atoms with Crippen LogP contribution in [0.3, 0.4) is 0 Å². The average molecular weight is 244 g/mol. The third-order valence-corrected chi connectivity index (χ3v) is 2.46. The lowest BCUT2D eigenvalue weighted by Gasteiger charge is -2.07. The Hall–Kier alpha value is -2.50. The van der Waals surface area contributed by atoms with Gasteiger partial charge in [0.15, 0.2) is 0 Å². The third kappa shape index (κ3) is 2.42. The maximum absolute atomic E-state index is 10.9. The molecule has 2 aromatic rings. The first-order valence-corrected chi connectivity index (χ1v) is 5.33. The number of aromatic carboxylic acids is 1. The Labute approximate surface area is 104 Å². The predicted octanol–water partition coefficient (Wildman–Crippen LogP) is 1.05. The summed E-state index contributed by atoms with van der Waals surface area (Å²) in [6.45, 7) is 1.61. The van der Waals surface area contributed by atoms with Crippen LogP contribution in [-0.4, -0.2) is 26.0 Å². The Bertz CT molecular complexity index is 561. The number of rotatable bonds is 3. The van der Waals surface area contributed by atoms with Crippen molar-refractivity contribution in [2.24, 2.45) is 0 Å². The molecule has 0 fully saturated rings. The van der Waals surface area contributed by atoms with Gasteiger partial charge in [-0.1, -0.05) is 6.07 Å². The van der Waals surface area contributed by atoms with E-state index in [4.69, 9.17) is 10.8 Å². The second kappa shape index (κ2) is 4.79. The number of nitrogens with zero attached hydrogens (tertiary/aromatic N) is 3. The summed E-state index contributed by atoms with van der Waals surface area (Å²) in [5, 5.41) is 8.96. The third-order valence-electron chi connectivity index (χ3n) is 2.46. The first-order chi connectivity index (χ1) is 8.58. The highest BCUT2D eigenvalue weighted by Crippen LogP contribution is 2.14. The summed E-state index contributed by atoms with van der Waals surface area (Å²) in [5.41, 5.74) is 6.91. The topological polar surface area (TPSA) is 102 Å². The molecule has 2 aromatic heterocycles. The predicted molar refractivity (Wildman–Crippen MR) is 65.2 cm³/mol. The van der Waals surface area contributed by atoms with E-state index in [-0.39, 0.29) is 11.4 Å². The summed E-state index contributed by atoms with van der Waals surface area (Å²) in [6, 6.07) is 3.71. The highest BCUT2D eigenvalue weighted by Gasteiger charge is 2.15. The van der Waals surface area contributed by atoms with Crippen LogP contribution in [0.5, 0.6) is 0 Å². The van der Waals surface area contributed by atoms with E-state index in [1.807, 2.05) is 12.1 Å². The Morgan fingerprint density at radius 1 is 1.44 bits per heavy atom. The van der Waals surface area contributed by atoms with Crippen molar-refractivity contribution in [1.29, 1.82) is 0 Å². The molecule has 2 rings (SSSR count). The average Bonchev–Trinajstić information content (AvgIpc) is 2.28. The van der Waals surface area contributed by atoms with E-state index in [1.165, 1.54) is 0 Å². The van der Waals surface area contributed by atoms with Crippen LogP contribution < -0.4 is 5.73 Å². The van der Waals surface area contributed by atoms with Crippen molar-refractivity contribution in [3.8, 4) is 0 Å². The van der Waals surface area contributed by atoms with E-state index in [0.717, 1.165) is 5.56 Å². The molecule has 0 saturated carbocycles. The number of nitrogens with two attached hydrogens (primary N) is 1. The Morgan fingerprint density at radius 3 is 2.78 bits per heavy atom. The minimum atomic E-state index is -1.11. The van der Waals surface area contributed by atoms with Gasteiger partial charge in [0.1, 0.15) is 17.2 Å². The quantitative estimate of drug-likeness (QED) is 0.836. The summed E-state index contributed by atoms with van der Waals surface area (Å²) in [6.07, 6.45) is 3.86. The Balaban J connectivity index is 2.34. The molecule has 6 nitrogen and oxygen atoms in total. The summed E-state index contributed by atoms with van der Waals surface area (Å²) in [7, 11) is 0. The fourth-order valence-corrected chi connectivity index (χ4v) is 1.68. The number of anilines is 1. The van der Waals surface area contributed by atoms with Crippen LogP contribution in [0.4, 0.5) is 5.82 Å². The maximum atomic E-state index is 10.9. The molecular formula is C12H12N4O2. The van der Waals surface area contributed by atoms with Gasteiger partial charge in [0.05, 0.1) is 5.69 Å². The molecule has 2 heterocycles. The van der Waals surface area contributed by atoms with Crippen LogP contribution in [-0.2, 0) is 6.42 Å². The summed E-state index contributed by atoms with van der Waals surface area (Å²) in [5.74, 6) is -0.630. The highest BCUT2D eigenvalue weighted by atomic mass is 16.4. The monoisotopic (exact) mass is 244 g/mol. The molecule has 0 unspecified atom stereocenters. The molecule has 3 N–H and O–H groups in total. The maximum Gasteiger partial charge on any atom is 0.341 e. The second-order valence-electron chi connectivity index (χ2n) is 3.83. The zero-order valence-electron chi connectivity index (χ0n) is 9.79. The Morgan fingerprint density at radius 2 is 2.22 bits per heavy atom. The van der Waals surface area contributed by atoms with Crippen LogP contribution in [0.25, 0.3) is 0 Å². The van der Waals surface area contributed by atoms with Crippen LogP contribution in [0.2, 0.25) is 0 Å². The first-order valence-electron chi connectivity index (χ1n) is 5.33. The molecule has 0 saturated heterocycles. The molecule has 92 valence electrons. The van der Waals surface area contributed by atoms with Gasteiger partial charge in [0.2, 0.25) is 0 Å². The normalized spacial score (nSPS) is 10.3. The summed E-state index contributed by atoms with van der Waals surface area (Å²) in [4.78, 5) is 23.1. The van der Waals surface area contributed by atoms with Crippen LogP contribution >= 0.6 is 0 Å². The number of hydrogen-bond acceptors (Lipinski definition) is 5. The van der Waals surface area contributed by atoms with Crippen LogP contribution in [0.1, 0.15) is 27.4 Å². The fraction of sp³-hybridized carbons (Fsp3) is 0.167. The zero-order chi connectivity index (χ0) is 13.1. The van der Waals surface area contributed by atoms with Gasteiger partial charge in [-0.05, 0) is 18.6 Å². The standard InChI is InChI=1S/C12H12N4O2/c1-7-10(12(17)18)11(13)16-9(15-7)5-8-3-2-4-14-6-8/h2-4,6H,5H2,1H3,(H,17,18)(H2,13,15,16). The van der Waals surface area contributed by atoms with Crippen LogP contribution in [0, 0.1) is 6.92 Å². The number of aromatic nitrogens is 3. The number of pyridine rings is 1. The van der Waals surface area contributed by atoms with Gasteiger partial charge in [0, 0.05) is 18.8 Å². The van der Waals surface area contributed by atoms with Crippen LogP contribution in [0.15, 0.2) is 24.5 Å². The number of hydrogen-bond donors (Lipinski definition) is 2. The van der Waals surface area contributed by atoms with Crippen molar-refractivity contribution in [3.05, 3.63) is 47.2 Å². The van der Waals surface area contributed by atoms with E-state index in [0.29, 0.717) is 17.9 Å². The van der Waals surface area contributed by atoms with Crippen molar-refractivity contribution in [3.63, 3.8) is 0 Å². The Kier molecular flexibility index (Phi) is 3.18. The molecule has 18 heavy (non-hydrogen) atoms. The van der Waals surface area contributed by atoms with E-state index in [1.54, 1.807) is 19.3 Å². The number of aryl methyl sites for hydroxylation is 1. The fourth-order valence-electron chi connectivity index (χ4n) is 1.68. The van der Waals surface area contributed by atoms with Gasteiger partial charge in [-0.2, -0.15) is 0 Å². The molecular weight excluding hydrogens is 232 g/mol. The summed E-state index contributed by atoms with van der Waals surface area (Å²) < 4.78 is 0. The SMILES string of the molecule is Cc1nc(Cc2cccnc2)nc(N)c1C(=O)O. The molecule has 0 spiro atoms. The number of carbonyl (C=O) groups is 1. The van der Waals surface area contributed by atoms with E-state index >= 15 is 0 Å². The second-order valence-corrected chi connectivity index (χ2v) is 3.83. The molecule has 0 aliphatic heterocycles. The van der Waals surface area contributed by atoms with Gasteiger partial charge in [-0.15, -0.1) is 0 Å². The molecule has 0 aliphatic rings. The van der Waals surface area contributed by atoms with Gasteiger partial charge < -0.3 is 10.8 Å². The molecule has 0 aromatic carbocycles. The summed E-state index contributed by atoms with van der Waals surface area (Å²) >= 11 is 0. The largest absolute Gasteiger partial charge is 0.477 e. The van der Waals surface area contributed by atoms with Gasteiger partial charge >= 0.3 is 5.97 Å². The molecule has 0 aliphatic carbocycles. The number of nitrogen functional groups attached to an aromatic ring is 1. The lowest BCUT2D eigenvalue weighted by Crippen LogP contribution is -2.12. The van der Waals surface area contributed by atoms with E-state index < -0.39 is 5.97 Å². The van der Waals surface area contributed by atoms with Gasteiger partial charge in [0.25, 0.3) is 0 Å². The molecule has 0 atom stereocenters. The lowest BCUT2D eigenvalue weighted by atomic mass is 10.2. The van der Waals surface area contributed by atoms with Gasteiger partial charge in [-0.3, -0.25) is 4.98 Å². The minimum absolute atomic E-state index is 0.00566. The molecule has 0 radical (unpaired) electrons. The van der Waals surface area contributed by atoms with Crippen molar-refractivity contribution < 1.29 is 9.90 Å². The van der Waals surface area contributed by atoms with E-state index in [2.05, 4.69) is 15.0 Å².